The van der Waals surface area contributed by atoms with Gasteiger partial charge >= 0.3 is 0 Å². The van der Waals surface area contributed by atoms with E-state index in [1.54, 1.807) is 0 Å². The third-order valence-corrected chi connectivity index (χ3v) is 14.3. The lowest BCUT2D eigenvalue weighted by molar-refractivity contribution is 0.669. The molecule has 9 aromatic carbocycles. The van der Waals surface area contributed by atoms with E-state index >= 15 is 0 Å². The molecule has 59 heavy (non-hydrogen) atoms. The molecule has 0 amide bonds. The molecule has 0 bridgehead atoms. The van der Waals surface area contributed by atoms with Gasteiger partial charge in [-0.15, -0.1) is 22.7 Å². The molecule has 0 atom stereocenters. The van der Waals surface area contributed by atoms with Crippen molar-refractivity contribution < 1.29 is 4.42 Å². The molecular formula is C54H32N2OS2. The molecular weight excluding hydrogens is 757 g/mol. The first-order valence-electron chi connectivity index (χ1n) is 19.9. The van der Waals surface area contributed by atoms with Gasteiger partial charge in [-0.3, -0.25) is 0 Å². The van der Waals surface area contributed by atoms with Crippen LogP contribution in [0.5, 0.6) is 0 Å². The van der Waals surface area contributed by atoms with Gasteiger partial charge in [0.05, 0.1) is 11.0 Å². The Hall–Kier alpha value is -7.18. The van der Waals surface area contributed by atoms with Crippen molar-refractivity contribution in [3.8, 4) is 16.8 Å². The summed E-state index contributed by atoms with van der Waals surface area (Å²) in [6, 6.07) is 70.5. The van der Waals surface area contributed by atoms with Gasteiger partial charge in [-0.05, 0) is 72.8 Å². The van der Waals surface area contributed by atoms with Crippen LogP contribution in [0.25, 0.3) is 101 Å². The molecule has 13 aromatic rings. The fourth-order valence-corrected chi connectivity index (χ4v) is 11.8. The molecule has 0 saturated carbocycles. The predicted octanol–water partition coefficient (Wildman–Crippen LogP) is 16.6. The predicted molar refractivity (Wildman–Crippen MR) is 254 cm³/mol. The standard InChI is InChI=1S/C54H32N2OS2/c1-2-13-33(14-3-1)55(36-29-30-39-37-15-6-10-23-48(37)58-50(39)31-36)34-25-27-35(28-26-34)56-44-21-8-4-17-41(44)51-45(56)32-47-52(42-18-5-9-22-46(42)57-47)53(51)43-20-12-19-40-38-16-7-11-24-49(38)59-54(40)43/h1-32H. The molecule has 0 aliphatic carbocycles. The molecule has 0 saturated heterocycles. The van der Waals surface area contributed by atoms with Crippen molar-refractivity contribution in [3.63, 3.8) is 0 Å². The van der Waals surface area contributed by atoms with Crippen molar-refractivity contribution >= 4 is 124 Å². The Morgan fingerprint density at radius 3 is 1.85 bits per heavy atom. The van der Waals surface area contributed by atoms with Crippen LogP contribution in [0.4, 0.5) is 17.1 Å². The molecule has 0 N–H and O–H groups in total. The summed E-state index contributed by atoms with van der Waals surface area (Å²) >= 11 is 3.73. The van der Waals surface area contributed by atoms with E-state index in [-0.39, 0.29) is 0 Å². The van der Waals surface area contributed by atoms with Crippen LogP contribution in [0, 0.1) is 0 Å². The SMILES string of the molecule is c1ccc(N(c2ccc(-n3c4ccccc4c4c(-c5cccc6c5sc5ccccc56)c5c(cc43)oc3ccccc35)cc2)c2ccc3c(c2)sc2ccccc23)cc1. The van der Waals surface area contributed by atoms with Gasteiger partial charge in [0.15, 0.2) is 0 Å². The number of fused-ring (bicyclic) bond motifs is 12. The van der Waals surface area contributed by atoms with Gasteiger partial charge < -0.3 is 13.9 Å². The monoisotopic (exact) mass is 788 g/mol. The molecule has 0 aliphatic rings. The number of thiophene rings is 2. The van der Waals surface area contributed by atoms with Crippen LogP contribution in [0.1, 0.15) is 0 Å². The van der Waals surface area contributed by atoms with Gasteiger partial charge in [-0.1, -0.05) is 115 Å². The maximum Gasteiger partial charge on any atom is 0.138 e. The topological polar surface area (TPSA) is 21.3 Å². The fraction of sp³-hybridized carbons (Fsp3) is 0. The number of hydrogen-bond donors (Lipinski definition) is 0. The number of benzene rings is 9. The molecule has 276 valence electrons. The number of aromatic nitrogens is 1. The van der Waals surface area contributed by atoms with Crippen LogP contribution in [0.3, 0.4) is 0 Å². The summed E-state index contributed by atoms with van der Waals surface area (Å²) in [6.07, 6.45) is 0. The molecule has 0 spiro atoms. The van der Waals surface area contributed by atoms with Gasteiger partial charge in [-0.2, -0.15) is 0 Å². The maximum absolute atomic E-state index is 6.76. The lowest BCUT2D eigenvalue weighted by Crippen LogP contribution is -2.09. The zero-order chi connectivity index (χ0) is 38.6. The normalized spacial score (nSPS) is 12.1. The summed E-state index contributed by atoms with van der Waals surface area (Å²) in [6.45, 7) is 0. The van der Waals surface area contributed by atoms with E-state index in [9.17, 15) is 0 Å². The fourth-order valence-electron chi connectivity index (χ4n) is 9.45. The molecule has 13 rings (SSSR count). The first-order valence-corrected chi connectivity index (χ1v) is 21.6. The number of para-hydroxylation sites is 3. The average molecular weight is 789 g/mol. The smallest absolute Gasteiger partial charge is 0.138 e. The second-order valence-electron chi connectivity index (χ2n) is 15.2. The van der Waals surface area contributed by atoms with Gasteiger partial charge in [-0.25, -0.2) is 0 Å². The van der Waals surface area contributed by atoms with Crippen LogP contribution in [-0.2, 0) is 0 Å². The molecule has 5 heteroatoms. The zero-order valence-electron chi connectivity index (χ0n) is 31.6. The van der Waals surface area contributed by atoms with E-state index in [0.29, 0.717) is 0 Å². The first kappa shape index (κ1) is 32.9. The summed E-state index contributed by atoms with van der Waals surface area (Å²) in [7, 11) is 0. The van der Waals surface area contributed by atoms with Crippen LogP contribution in [0.15, 0.2) is 199 Å². The third-order valence-electron chi connectivity index (χ3n) is 12.0. The van der Waals surface area contributed by atoms with Crippen LogP contribution >= 0.6 is 22.7 Å². The number of anilines is 3. The van der Waals surface area contributed by atoms with E-state index in [1.165, 1.54) is 62.2 Å². The van der Waals surface area contributed by atoms with Crippen molar-refractivity contribution in [2.24, 2.45) is 0 Å². The molecule has 0 fully saturated rings. The Labute approximate surface area is 346 Å². The molecule has 4 aromatic heterocycles. The molecule has 0 radical (unpaired) electrons. The summed E-state index contributed by atoms with van der Waals surface area (Å²) in [4.78, 5) is 2.36. The van der Waals surface area contributed by atoms with Crippen molar-refractivity contribution in [1.29, 1.82) is 0 Å². The highest BCUT2D eigenvalue weighted by Gasteiger charge is 2.25. The second kappa shape index (κ2) is 12.7. The summed E-state index contributed by atoms with van der Waals surface area (Å²) < 4.78 is 14.4. The highest BCUT2D eigenvalue weighted by molar-refractivity contribution is 7.26. The number of hydrogen-bond acceptors (Lipinski definition) is 4. The number of furan rings is 1. The third kappa shape index (κ3) is 4.86. The Morgan fingerprint density at radius 2 is 1.02 bits per heavy atom. The molecule has 0 aliphatic heterocycles. The van der Waals surface area contributed by atoms with Gasteiger partial charge in [0, 0.05) is 102 Å². The molecule has 0 unspecified atom stereocenters. The lowest BCUT2D eigenvalue weighted by atomic mass is 9.93. The van der Waals surface area contributed by atoms with Crippen LogP contribution < -0.4 is 4.90 Å². The summed E-state index contributed by atoms with van der Waals surface area (Å²) in [5.74, 6) is 0. The number of nitrogens with zero attached hydrogens (tertiary/aromatic N) is 2. The molecule has 3 nitrogen and oxygen atoms in total. The minimum Gasteiger partial charge on any atom is -0.456 e. The molecule has 4 heterocycles. The van der Waals surface area contributed by atoms with E-state index in [4.69, 9.17) is 4.42 Å². The van der Waals surface area contributed by atoms with Crippen LogP contribution in [-0.4, -0.2) is 4.57 Å². The second-order valence-corrected chi connectivity index (χ2v) is 17.4. The van der Waals surface area contributed by atoms with Crippen molar-refractivity contribution in [3.05, 3.63) is 194 Å². The Balaban J connectivity index is 1.05. The highest BCUT2D eigenvalue weighted by atomic mass is 32.1. The van der Waals surface area contributed by atoms with Crippen molar-refractivity contribution in [1.82, 2.24) is 4.57 Å². The minimum atomic E-state index is 0.888. The van der Waals surface area contributed by atoms with Gasteiger partial charge in [0.25, 0.3) is 0 Å². The Bertz CT molecular complexity index is 3790. The largest absolute Gasteiger partial charge is 0.456 e. The van der Waals surface area contributed by atoms with Gasteiger partial charge in [0.2, 0.25) is 0 Å². The Morgan fingerprint density at radius 1 is 0.390 bits per heavy atom. The van der Waals surface area contributed by atoms with E-state index in [2.05, 4.69) is 204 Å². The minimum absolute atomic E-state index is 0.888. The average Bonchev–Trinajstić information content (AvgIpc) is 4.05. The Kier molecular flexibility index (Phi) is 7.05. The summed E-state index contributed by atoms with van der Waals surface area (Å²) in [5, 5.41) is 9.93. The first-order chi connectivity index (χ1) is 29.3. The van der Waals surface area contributed by atoms with E-state index in [1.807, 2.05) is 22.7 Å². The zero-order valence-corrected chi connectivity index (χ0v) is 33.2. The van der Waals surface area contributed by atoms with Gasteiger partial charge in [0.1, 0.15) is 11.2 Å². The van der Waals surface area contributed by atoms with E-state index in [0.717, 1.165) is 55.7 Å². The van der Waals surface area contributed by atoms with Crippen molar-refractivity contribution in [2.45, 2.75) is 0 Å². The quantitative estimate of drug-likeness (QED) is 0.173. The lowest BCUT2D eigenvalue weighted by Gasteiger charge is -2.26. The van der Waals surface area contributed by atoms with Crippen LogP contribution in [0.2, 0.25) is 0 Å². The summed E-state index contributed by atoms with van der Waals surface area (Å²) in [5.41, 5.74) is 11.0. The maximum atomic E-state index is 6.76. The van der Waals surface area contributed by atoms with Crippen molar-refractivity contribution in [2.75, 3.05) is 4.90 Å². The number of rotatable bonds is 5. The highest BCUT2D eigenvalue weighted by Crippen LogP contribution is 2.50. The van der Waals surface area contributed by atoms with E-state index < -0.39 is 0 Å².